The highest BCUT2D eigenvalue weighted by molar-refractivity contribution is 6.07. The fourth-order valence-electron chi connectivity index (χ4n) is 2.30. The van der Waals surface area contributed by atoms with Crippen molar-refractivity contribution in [3.05, 3.63) is 60.1 Å². The lowest BCUT2D eigenvalue weighted by Gasteiger charge is -2.22. The number of furan rings is 1. The van der Waals surface area contributed by atoms with E-state index >= 15 is 0 Å². The summed E-state index contributed by atoms with van der Waals surface area (Å²) in [5.41, 5.74) is 5.41. The van der Waals surface area contributed by atoms with Gasteiger partial charge in [-0.15, -0.1) is 0 Å². The van der Waals surface area contributed by atoms with Gasteiger partial charge in [-0.2, -0.15) is 0 Å². The third-order valence-corrected chi connectivity index (χ3v) is 3.19. The van der Waals surface area contributed by atoms with E-state index in [1.807, 2.05) is 36.4 Å². The highest BCUT2D eigenvalue weighted by Crippen LogP contribution is 2.33. The average molecular weight is 255 g/mol. The number of guanidine groups is 1. The Kier molecular flexibility index (Phi) is 2.59. The number of nitrogens with zero attached hydrogens (tertiary/aromatic N) is 1. The molecule has 0 aliphatic carbocycles. The quantitative estimate of drug-likeness (QED) is 0.863. The van der Waals surface area contributed by atoms with Gasteiger partial charge in [0, 0.05) is 6.42 Å². The largest absolute Gasteiger partial charge is 0.469 e. The van der Waals surface area contributed by atoms with Crippen molar-refractivity contribution in [1.29, 1.82) is 0 Å². The van der Waals surface area contributed by atoms with Crippen molar-refractivity contribution >= 4 is 11.9 Å². The fourth-order valence-corrected chi connectivity index (χ4v) is 2.30. The molecule has 5 heteroatoms. The summed E-state index contributed by atoms with van der Waals surface area (Å²) in [6.45, 7) is 0. The van der Waals surface area contributed by atoms with Crippen LogP contribution in [0.15, 0.2) is 58.1 Å². The van der Waals surface area contributed by atoms with Crippen LogP contribution in [0.3, 0.4) is 0 Å². The molecule has 0 spiro atoms. The second-order valence-corrected chi connectivity index (χ2v) is 4.43. The van der Waals surface area contributed by atoms with Crippen molar-refractivity contribution in [3.8, 4) is 0 Å². The molecule has 3 rings (SSSR count). The number of nitrogens with two attached hydrogens (primary N) is 1. The topological polar surface area (TPSA) is 80.6 Å². The van der Waals surface area contributed by atoms with Crippen LogP contribution in [0.1, 0.15) is 11.3 Å². The van der Waals surface area contributed by atoms with E-state index in [9.17, 15) is 4.79 Å². The van der Waals surface area contributed by atoms with Crippen molar-refractivity contribution < 1.29 is 9.21 Å². The number of carbonyl (C=O) groups excluding carboxylic acids is 1. The molecule has 1 aromatic carbocycles. The summed E-state index contributed by atoms with van der Waals surface area (Å²) in [4.78, 5) is 16.6. The highest BCUT2D eigenvalue weighted by atomic mass is 16.3. The van der Waals surface area contributed by atoms with Crippen LogP contribution in [-0.4, -0.2) is 11.9 Å². The maximum absolute atomic E-state index is 12.3. The molecular weight excluding hydrogens is 242 g/mol. The van der Waals surface area contributed by atoms with Gasteiger partial charge < -0.3 is 10.2 Å². The van der Waals surface area contributed by atoms with Crippen molar-refractivity contribution in [1.82, 2.24) is 5.32 Å². The third kappa shape index (κ3) is 1.89. The van der Waals surface area contributed by atoms with Crippen LogP contribution in [0.5, 0.6) is 0 Å². The lowest BCUT2D eigenvalue weighted by atomic mass is 9.86. The Labute approximate surface area is 110 Å². The molecule has 3 N–H and O–H groups in total. The first-order valence-electron chi connectivity index (χ1n) is 5.95. The van der Waals surface area contributed by atoms with Crippen LogP contribution in [0.4, 0.5) is 0 Å². The molecule has 1 aromatic heterocycles. The predicted molar refractivity (Wildman–Crippen MR) is 70.3 cm³/mol. The summed E-state index contributed by atoms with van der Waals surface area (Å²) in [5.74, 6) is 0.602. The van der Waals surface area contributed by atoms with Gasteiger partial charge in [-0.25, -0.2) is 4.99 Å². The Hall–Kier alpha value is -2.56. The van der Waals surface area contributed by atoms with Gasteiger partial charge in [0.2, 0.25) is 0 Å². The number of benzene rings is 1. The second kappa shape index (κ2) is 4.28. The summed E-state index contributed by atoms with van der Waals surface area (Å²) in [7, 11) is 0. The van der Waals surface area contributed by atoms with Crippen LogP contribution in [0, 0.1) is 0 Å². The minimum atomic E-state index is -1.04. The Morgan fingerprint density at radius 2 is 2.00 bits per heavy atom. The lowest BCUT2D eigenvalue weighted by molar-refractivity contribution is -0.124. The molecule has 0 saturated heterocycles. The molecule has 0 radical (unpaired) electrons. The zero-order chi connectivity index (χ0) is 13.3. The van der Waals surface area contributed by atoms with Crippen LogP contribution in [-0.2, 0) is 16.8 Å². The van der Waals surface area contributed by atoms with E-state index < -0.39 is 5.54 Å². The van der Waals surface area contributed by atoms with Crippen molar-refractivity contribution in [2.75, 3.05) is 0 Å². The van der Waals surface area contributed by atoms with Crippen LogP contribution in [0.2, 0.25) is 0 Å². The van der Waals surface area contributed by atoms with Crippen LogP contribution >= 0.6 is 0 Å². The lowest BCUT2D eigenvalue weighted by Crippen LogP contribution is -2.40. The summed E-state index contributed by atoms with van der Waals surface area (Å²) >= 11 is 0. The minimum Gasteiger partial charge on any atom is -0.469 e. The molecule has 0 saturated carbocycles. The zero-order valence-corrected chi connectivity index (χ0v) is 10.2. The molecule has 1 aliphatic heterocycles. The van der Waals surface area contributed by atoms with Crippen molar-refractivity contribution in [2.24, 2.45) is 10.7 Å². The normalized spacial score (nSPS) is 22.1. The maximum Gasteiger partial charge on any atom is 0.259 e. The van der Waals surface area contributed by atoms with Gasteiger partial charge in [-0.3, -0.25) is 10.1 Å². The monoisotopic (exact) mass is 255 g/mol. The Morgan fingerprint density at radius 3 is 2.58 bits per heavy atom. The van der Waals surface area contributed by atoms with Gasteiger partial charge in [0.05, 0.1) is 6.26 Å². The molecule has 2 aromatic rings. The first-order chi connectivity index (χ1) is 9.21. The van der Waals surface area contributed by atoms with Gasteiger partial charge in [0.25, 0.3) is 5.91 Å². The summed E-state index contributed by atoms with van der Waals surface area (Å²) in [6.07, 6.45) is 1.92. The first-order valence-corrected chi connectivity index (χ1v) is 5.95. The zero-order valence-electron chi connectivity index (χ0n) is 10.2. The number of hydrogen-bond donors (Lipinski definition) is 2. The molecule has 19 heavy (non-hydrogen) atoms. The summed E-state index contributed by atoms with van der Waals surface area (Å²) in [6, 6.07) is 13.0. The van der Waals surface area contributed by atoms with E-state index in [2.05, 4.69) is 10.3 Å². The second-order valence-electron chi connectivity index (χ2n) is 4.43. The molecule has 96 valence electrons. The van der Waals surface area contributed by atoms with E-state index in [1.165, 1.54) is 0 Å². The fraction of sp³-hybridized carbons (Fsp3) is 0.143. The summed E-state index contributed by atoms with van der Waals surface area (Å²) in [5, 5.41) is 2.57. The van der Waals surface area contributed by atoms with Crippen LogP contribution in [0.25, 0.3) is 0 Å². The van der Waals surface area contributed by atoms with E-state index in [0.29, 0.717) is 12.2 Å². The highest BCUT2D eigenvalue weighted by Gasteiger charge is 2.45. The molecular formula is C14H13N3O2. The molecule has 2 heterocycles. The number of nitrogens with one attached hydrogen (secondary N) is 1. The van der Waals surface area contributed by atoms with E-state index in [-0.39, 0.29) is 11.9 Å². The molecule has 1 aliphatic rings. The number of amides is 1. The number of aliphatic imine (C=N–C) groups is 1. The average Bonchev–Trinajstić information content (AvgIpc) is 3.00. The van der Waals surface area contributed by atoms with Crippen molar-refractivity contribution in [2.45, 2.75) is 12.0 Å². The molecule has 5 nitrogen and oxygen atoms in total. The third-order valence-electron chi connectivity index (χ3n) is 3.19. The van der Waals surface area contributed by atoms with Gasteiger partial charge in [-0.05, 0) is 17.7 Å². The maximum atomic E-state index is 12.3. The van der Waals surface area contributed by atoms with E-state index in [0.717, 1.165) is 5.56 Å². The van der Waals surface area contributed by atoms with Gasteiger partial charge in [-0.1, -0.05) is 30.3 Å². The molecule has 0 bridgehead atoms. The molecule has 1 amide bonds. The minimum absolute atomic E-state index is 0.139. The number of carbonyl (C=O) groups is 1. The van der Waals surface area contributed by atoms with Crippen LogP contribution < -0.4 is 11.1 Å². The van der Waals surface area contributed by atoms with Gasteiger partial charge in [0.15, 0.2) is 11.5 Å². The van der Waals surface area contributed by atoms with Gasteiger partial charge >= 0.3 is 0 Å². The number of rotatable bonds is 3. The Balaban J connectivity index is 2.09. The SMILES string of the molecule is NC1=NC(Cc2ccco2)(c2ccccc2)C(=O)N1. The molecule has 1 atom stereocenters. The first kappa shape index (κ1) is 11.5. The van der Waals surface area contributed by atoms with Crippen molar-refractivity contribution in [3.63, 3.8) is 0 Å². The van der Waals surface area contributed by atoms with E-state index in [1.54, 1.807) is 12.3 Å². The number of hydrogen-bond acceptors (Lipinski definition) is 4. The Bertz CT molecular complexity index is 619. The standard InChI is InChI=1S/C14H13N3O2/c15-13-16-12(18)14(17-13,9-11-7-4-8-19-11)10-5-2-1-3-6-10/h1-8H,9H2,(H3,15,16,17,18). The van der Waals surface area contributed by atoms with E-state index in [4.69, 9.17) is 10.2 Å². The Morgan fingerprint density at radius 1 is 1.21 bits per heavy atom. The summed E-state index contributed by atoms with van der Waals surface area (Å²) < 4.78 is 5.34. The smallest absolute Gasteiger partial charge is 0.259 e. The molecule has 1 unspecified atom stereocenters. The van der Waals surface area contributed by atoms with Gasteiger partial charge in [0.1, 0.15) is 5.76 Å². The predicted octanol–water partition coefficient (Wildman–Crippen LogP) is 1.16. The molecule has 0 fully saturated rings.